The van der Waals surface area contributed by atoms with Gasteiger partial charge < -0.3 is 4.55 Å². The van der Waals surface area contributed by atoms with Crippen LogP contribution in [0.15, 0.2) is 48.5 Å². The molecule has 0 spiro atoms. The molecule has 0 amide bonds. The van der Waals surface area contributed by atoms with E-state index in [4.69, 9.17) is 0 Å². The smallest absolute Gasteiger partial charge is 0.131 e. The van der Waals surface area contributed by atoms with Crippen LogP contribution in [0.25, 0.3) is 0 Å². The summed E-state index contributed by atoms with van der Waals surface area (Å²) in [4.78, 5) is 0. The molecule has 94 valence electrons. The van der Waals surface area contributed by atoms with Crippen LogP contribution in [0.1, 0.15) is 22.3 Å². The lowest BCUT2D eigenvalue weighted by atomic mass is 10.2. The molecule has 0 N–H and O–H groups in total. The van der Waals surface area contributed by atoms with Crippen molar-refractivity contribution in [2.75, 3.05) is 0 Å². The van der Waals surface area contributed by atoms with Gasteiger partial charge in [0.15, 0.2) is 0 Å². The summed E-state index contributed by atoms with van der Waals surface area (Å²) in [5.74, 6) is 1.27. The minimum absolute atomic E-state index is 0.633. The molecule has 2 aromatic rings. The highest BCUT2D eigenvalue weighted by atomic mass is 32.2. The van der Waals surface area contributed by atoms with Crippen LogP contribution in [0, 0.1) is 13.8 Å². The van der Waals surface area contributed by atoms with Crippen molar-refractivity contribution in [1.29, 1.82) is 0 Å². The monoisotopic (exact) mass is 258 g/mol. The van der Waals surface area contributed by atoms with Gasteiger partial charge in [0.05, 0.1) is 0 Å². The van der Waals surface area contributed by atoms with Crippen LogP contribution >= 0.6 is 0 Å². The molecule has 2 aromatic carbocycles. The van der Waals surface area contributed by atoms with E-state index in [0.29, 0.717) is 11.5 Å². The van der Waals surface area contributed by atoms with Gasteiger partial charge in [0.25, 0.3) is 0 Å². The van der Waals surface area contributed by atoms with Crippen molar-refractivity contribution in [1.82, 2.24) is 0 Å². The van der Waals surface area contributed by atoms with Crippen molar-refractivity contribution < 1.29 is 4.55 Å². The molecule has 0 fully saturated rings. The fourth-order valence-corrected chi connectivity index (χ4v) is 3.02. The van der Waals surface area contributed by atoms with Crippen LogP contribution in [-0.4, -0.2) is 4.55 Å². The maximum Gasteiger partial charge on any atom is 0.131 e. The Morgan fingerprint density at radius 2 is 1.06 bits per heavy atom. The lowest BCUT2D eigenvalue weighted by Gasteiger charge is -2.11. The first kappa shape index (κ1) is 13.2. The van der Waals surface area contributed by atoms with Gasteiger partial charge in [-0.3, -0.25) is 0 Å². The Labute approximate surface area is 112 Å². The molecule has 18 heavy (non-hydrogen) atoms. The molecule has 0 aliphatic rings. The second-order valence-electron chi connectivity index (χ2n) is 4.70. The van der Waals surface area contributed by atoms with Gasteiger partial charge in [-0.15, -0.1) is 0 Å². The summed E-state index contributed by atoms with van der Waals surface area (Å²) in [5, 5.41) is 0. The van der Waals surface area contributed by atoms with Gasteiger partial charge in [-0.05, 0) is 25.0 Å². The number of hydrogen-bond donors (Lipinski definition) is 0. The van der Waals surface area contributed by atoms with Gasteiger partial charge in [0.1, 0.15) is 11.5 Å². The molecule has 0 radical (unpaired) electrons. The van der Waals surface area contributed by atoms with Crippen molar-refractivity contribution >= 4 is 11.2 Å². The average molecular weight is 258 g/mol. The second-order valence-corrected chi connectivity index (χ2v) is 6.16. The van der Waals surface area contributed by atoms with Crippen LogP contribution in [0.4, 0.5) is 0 Å². The first-order valence-electron chi connectivity index (χ1n) is 6.09. The number of aryl methyl sites for hydroxylation is 2. The Bertz CT molecular complexity index is 440. The topological polar surface area (TPSA) is 23.1 Å². The van der Waals surface area contributed by atoms with E-state index in [1.54, 1.807) is 0 Å². The summed E-state index contributed by atoms with van der Waals surface area (Å²) < 4.78 is 12.1. The van der Waals surface area contributed by atoms with Crippen LogP contribution in [-0.2, 0) is 22.7 Å². The highest BCUT2D eigenvalue weighted by molar-refractivity contribution is 7.89. The van der Waals surface area contributed by atoms with Crippen molar-refractivity contribution in [3.63, 3.8) is 0 Å². The average Bonchev–Trinajstić information content (AvgIpc) is 2.35. The minimum Gasteiger partial charge on any atom is -0.616 e. The van der Waals surface area contributed by atoms with E-state index in [0.717, 1.165) is 11.1 Å². The predicted octanol–water partition coefficient (Wildman–Crippen LogP) is 3.75. The third kappa shape index (κ3) is 3.90. The van der Waals surface area contributed by atoms with Gasteiger partial charge >= 0.3 is 0 Å². The van der Waals surface area contributed by atoms with Crippen molar-refractivity contribution in [3.05, 3.63) is 70.8 Å². The molecule has 0 saturated carbocycles. The van der Waals surface area contributed by atoms with Crippen LogP contribution in [0.2, 0.25) is 0 Å². The van der Waals surface area contributed by atoms with E-state index in [2.05, 4.69) is 62.4 Å². The summed E-state index contributed by atoms with van der Waals surface area (Å²) >= 11 is -0.835. The number of benzene rings is 2. The third-order valence-electron chi connectivity index (χ3n) is 2.90. The Morgan fingerprint density at radius 3 is 1.39 bits per heavy atom. The molecule has 0 heterocycles. The zero-order valence-corrected chi connectivity index (χ0v) is 11.7. The molecule has 0 atom stereocenters. The van der Waals surface area contributed by atoms with E-state index >= 15 is 0 Å². The molecule has 2 rings (SSSR count). The van der Waals surface area contributed by atoms with Gasteiger partial charge in [-0.1, -0.05) is 59.7 Å². The zero-order chi connectivity index (χ0) is 13.0. The van der Waals surface area contributed by atoms with Crippen LogP contribution in [0.5, 0.6) is 0 Å². The molecule has 2 heteroatoms. The largest absolute Gasteiger partial charge is 0.616 e. The van der Waals surface area contributed by atoms with Gasteiger partial charge in [0, 0.05) is 11.1 Å². The first-order chi connectivity index (χ1) is 8.63. The van der Waals surface area contributed by atoms with E-state index in [1.807, 2.05) is 0 Å². The Balaban J connectivity index is 1.94. The summed E-state index contributed by atoms with van der Waals surface area (Å²) in [6.07, 6.45) is 0. The van der Waals surface area contributed by atoms with Crippen LogP contribution in [0.3, 0.4) is 0 Å². The maximum absolute atomic E-state index is 12.1. The van der Waals surface area contributed by atoms with E-state index in [1.165, 1.54) is 11.1 Å². The maximum atomic E-state index is 12.1. The number of rotatable bonds is 4. The van der Waals surface area contributed by atoms with E-state index in [-0.39, 0.29) is 0 Å². The van der Waals surface area contributed by atoms with Crippen LogP contribution < -0.4 is 0 Å². The van der Waals surface area contributed by atoms with Gasteiger partial charge in [-0.25, -0.2) is 0 Å². The standard InChI is InChI=1S/C16H18OS/c1-13-3-7-15(8-4-13)11-18(17)12-16-9-5-14(2)6-10-16/h3-10H,11-12H2,1-2H3. The zero-order valence-electron chi connectivity index (χ0n) is 10.8. The van der Waals surface area contributed by atoms with Gasteiger partial charge in [-0.2, -0.15) is 0 Å². The summed E-state index contributed by atoms with van der Waals surface area (Å²) in [6, 6.07) is 16.5. The summed E-state index contributed by atoms with van der Waals surface area (Å²) in [7, 11) is 0. The molecule has 0 unspecified atom stereocenters. The second kappa shape index (κ2) is 6.07. The molecule has 0 aliphatic carbocycles. The molecule has 0 aromatic heterocycles. The lowest BCUT2D eigenvalue weighted by Crippen LogP contribution is -2.07. The molecular formula is C16H18OS. The molecule has 1 nitrogen and oxygen atoms in total. The quantitative estimate of drug-likeness (QED) is 0.766. The fraction of sp³-hybridized carbons (Fsp3) is 0.250. The highest BCUT2D eigenvalue weighted by Gasteiger charge is 2.08. The van der Waals surface area contributed by atoms with Gasteiger partial charge in [0.2, 0.25) is 0 Å². The summed E-state index contributed by atoms with van der Waals surface area (Å²) in [6.45, 7) is 4.13. The molecule has 0 bridgehead atoms. The van der Waals surface area contributed by atoms with Crippen molar-refractivity contribution in [2.45, 2.75) is 25.4 Å². The molecule has 0 saturated heterocycles. The van der Waals surface area contributed by atoms with E-state index < -0.39 is 11.2 Å². The van der Waals surface area contributed by atoms with Crippen molar-refractivity contribution in [2.24, 2.45) is 0 Å². The lowest BCUT2D eigenvalue weighted by molar-refractivity contribution is 0.593. The fourth-order valence-electron chi connectivity index (χ4n) is 1.79. The third-order valence-corrected chi connectivity index (χ3v) is 4.21. The normalized spacial score (nSPS) is 10.9. The molecular weight excluding hydrogens is 240 g/mol. The first-order valence-corrected chi connectivity index (χ1v) is 7.58. The highest BCUT2D eigenvalue weighted by Crippen LogP contribution is 2.13. The number of hydrogen-bond acceptors (Lipinski definition) is 1. The summed E-state index contributed by atoms with van der Waals surface area (Å²) in [5.41, 5.74) is 4.77. The Kier molecular flexibility index (Phi) is 4.45. The Hall–Kier alpha value is -1.25. The SMILES string of the molecule is Cc1ccc(C[S+]([O-])Cc2ccc(C)cc2)cc1. The predicted molar refractivity (Wildman–Crippen MR) is 77.9 cm³/mol. The minimum atomic E-state index is -0.835. The molecule has 0 aliphatic heterocycles. The van der Waals surface area contributed by atoms with Crippen molar-refractivity contribution in [3.8, 4) is 0 Å². The van der Waals surface area contributed by atoms with E-state index in [9.17, 15) is 4.55 Å². The Morgan fingerprint density at radius 1 is 0.722 bits per heavy atom.